The van der Waals surface area contributed by atoms with E-state index in [1.165, 1.54) is 18.2 Å². The number of hydrogen-bond acceptors (Lipinski definition) is 8. The highest BCUT2D eigenvalue weighted by atomic mass is 32.1. The minimum atomic E-state index is -0.869. The van der Waals surface area contributed by atoms with Crippen molar-refractivity contribution in [1.29, 1.82) is 5.26 Å². The quantitative estimate of drug-likeness (QED) is 0.584. The third kappa shape index (κ3) is 4.17. The normalized spacial score (nSPS) is 19.3. The zero-order valence-corrected chi connectivity index (χ0v) is 17.0. The number of aromatic nitrogens is 1. The Balaban J connectivity index is 2.26. The highest BCUT2D eigenvalue weighted by Gasteiger charge is 2.51. The highest BCUT2D eigenvalue weighted by molar-refractivity contribution is 7.81. The van der Waals surface area contributed by atoms with E-state index in [2.05, 4.69) is 17.6 Å². The Bertz CT molecular complexity index is 775. The number of amides is 1. The summed E-state index contributed by atoms with van der Waals surface area (Å²) in [6.45, 7) is 7.45. The molecule has 0 radical (unpaired) electrons. The van der Waals surface area contributed by atoms with Crippen LogP contribution in [-0.2, 0) is 14.3 Å². The number of nitriles is 1. The Hall–Kier alpha value is -2.31. The van der Waals surface area contributed by atoms with Crippen LogP contribution in [0.25, 0.3) is 0 Å². The van der Waals surface area contributed by atoms with Crippen molar-refractivity contribution >= 4 is 30.2 Å². The molecule has 1 aromatic heterocycles. The molecule has 0 aromatic carbocycles. The standard InChI is InChI=1S/C18H24N4O4S/c1-11(2)26-15(23)6-7-21-17(27)22(16(24)18(21,3)4)12-8-14(25-5)13(9-19)20-10-12/h8,10-11,17,27H,6-7H2,1-5H3. The van der Waals surface area contributed by atoms with E-state index in [0.717, 1.165) is 0 Å². The van der Waals surface area contributed by atoms with Crippen molar-refractivity contribution in [3.8, 4) is 11.8 Å². The largest absolute Gasteiger partial charge is 0.494 e. The van der Waals surface area contributed by atoms with Crippen LogP contribution in [0, 0.1) is 11.3 Å². The summed E-state index contributed by atoms with van der Waals surface area (Å²) < 4.78 is 10.3. The maximum atomic E-state index is 13.0. The molecule has 1 atom stereocenters. The zero-order valence-electron chi connectivity index (χ0n) is 16.1. The summed E-state index contributed by atoms with van der Waals surface area (Å²) in [7, 11) is 1.43. The minimum absolute atomic E-state index is 0.135. The molecule has 1 aliphatic heterocycles. The molecule has 8 nitrogen and oxygen atoms in total. The first-order chi connectivity index (χ1) is 12.6. The summed E-state index contributed by atoms with van der Waals surface area (Å²) in [6, 6.07) is 3.52. The Kier molecular flexibility index (Phi) is 6.34. The van der Waals surface area contributed by atoms with Crippen LogP contribution in [0.4, 0.5) is 5.69 Å². The Labute approximate surface area is 164 Å². The lowest BCUT2D eigenvalue weighted by Gasteiger charge is -2.30. The second-order valence-corrected chi connectivity index (χ2v) is 7.38. The zero-order chi connectivity index (χ0) is 20.4. The molecule has 0 aliphatic carbocycles. The Morgan fingerprint density at radius 1 is 1.48 bits per heavy atom. The van der Waals surface area contributed by atoms with Crippen molar-refractivity contribution in [1.82, 2.24) is 9.88 Å². The van der Waals surface area contributed by atoms with Gasteiger partial charge in [0, 0.05) is 12.6 Å². The van der Waals surface area contributed by atoms with Crippen LogP contribution in [0.1, 0.15) is 39.8 Å². The van der Waals surface area contributed by atoms with Gasteiger partial charge in [0.15, 0.2) is 11.4 Å². The van der Waals surface area contributed by atoms with Crippen LogP contribution in [0.3, 0.4) is 0 Å². The van der Waals surface area contributed by atoms with E-state index in [1.807, 2.05) is 11.0 Å². The third-order valence-corrected chi connectivity index (χ3v) is 4.85. The lowest BCUT2D eigenvalue weighted by molar-refractivity contribution is -0.148. The number of ether oxygens (including phenoxy) is 2. The molecular formula is C18H24N4O4S. The second kappa shape index (κ2) is 8.15. The molecule has 2 rings (SSSR count). The van der Waals surface area contributed by atoms with Crippen molar-refractivity contribution in [3.05, 3.63) is 18.0 Å². The number of esters is 1. The highest BCUT2D eigenvalue weighted by Crippen LogP contribution is 2.37. The molecule has 1 saturated heterocycles. The third-order valence-electron chi connectivity index (χ3n) is 4.34. The molecule has 9 heteroatoms. The van der Waals surface area contributed by atoms with Crippen molar-refractivity contribution in [2.24, 2.45) is 0 Å². The fourth-order valence-electron chi connectivity index (χ4n) is 2.94. The van der Waals surface area contributed by atoms with Gasteiger partial charge in [0.2, 0.25) is 5.91 Å². The van der Waals surface area contributed by atoms with E-state index in [-0.39, 0.29) is 35.8 Å². The number of methoxy groups -OCH3 is 1. The van der Waals surface area contributed by atoms with Gasteiger partial charge in [-0.1, -0.05) is 0 Å². The van der Waals surface area contributed by atoms with Crippen molar-refractivity contribution in [2.75, 3.05) is 18.6 Å². The molecule has 1 fully saturated rings. The van der Waals surface area contributed by atoms with Gasteiger partial charge < -0.3 is 9.47 Å². The minimum Gasteiger partial charge on any atom is -0.494 e. The average Bonchev–Trinajstić information content (AvgIpc) is 2.77. The van der Waals surface area contributed by atoms with Gasteiger partial charge in [0.25, 0.3) is 0 Å². The van der Waals surface area contributed by atoms with Crippen molar-refractivity contribution in [2.45, 2.75) is 51.3 Å². The lowest BCUT2D eigenvalue weighted by Crippen LogP contribution is -2.45. The van der Waals surface area contributed by atoms with Gasteiger partial charge in [-0.15, -0.1) is 12.6 Å². The van der Waals surface area contributed by atoms with E-state index < -0.39 is 11.0 Å². The molecule has 146 valence electrons. The maximum absolute atomic E-state index is 13.0. The smallest absolute Gasteiger partial charge is 0.307 e. The number of nitrogens with zero attached hydrogens (tertiary/aromatic N) is 4. The van der Waals surface area contributed by atoms with Crippen LogP contribution in [0.5, 0.6) is 5.75 Å². The van der Waals surface area contributed by atoms with Gasteiger partial charge in [0.1, 0.15) is 11.6 Å². The summed E-state index contributed by atoms with van der Waals surface area (Å²) in [5, 5.41) is 9.08. The molecule has 27 heavy (non-hydrogen) atoms. The van der Waals surface area contributed by atoms with Gasteiger partial charge in [-0.2, -0.15) is 5.26 Å². The first kappa shape index (κ1) is 21.0. The molecule has 0 spiro atoms. The summed E-state index contributed by atoms with van der Waals surface area (Å²) in [5.74, 6) is -0.234. The van der Waals surface area contributed by atoms with Gasteiger partial charge in [-0.3, -0.25) is 19.4 Å². The lowest BCUT2D eigenvalue weighted by atomic mass is 10.0. The number of pyridine rings is 1. The van der Waals surface area contributed by atoms with E-state index in [0.29, 0.717) is 12.2 Å². The van der Waals surface area contributed by atoms with Crippen LogP contribution >= 0.6 is 12.6 Å². The van der Waals surface area contributed by atoms with Gasteiger partial charge in [0.05, 0.1) is 37.1 Å². The van der Waals surface area contributed by atoms with Gasteiger partial charge in [-0.25, -0.2) is 4.98 Å². The van der Waals surface area contributed by atoms with Gasteiger partial charge >= 0.3 is 5.97 Å². The molecule has 1 unspecified atom stereocenters. The van der Waals surface area contributed by atoms with E-state index in [9.17, 15) is 9.59 Å². The summed E-state index contributed by atoms with van der Waals surface area (Å²) >= 11 is 4.60. The first-order valence-corrected chi connectivity index (χ1v) is 9.07. The van der Waals surface area contributed by atoms with Crippen molar-refractivity contribution < 1.29 is 19.1 Å². The number of thiol groups is 1. The fourth-order valence-corrected chi connectivity index (χ4v) is 3.58. The van der Waals surface area contributed by atoms with Crippen LogP contribution in [-0.4, -0.2) is 52.6 Å². The molecule has 1 aliphatic rings. The number of anilines is 1. The molecule has 2 heterocycles. The number of carbonyl (C=O) groups excluding carboxylic acids is 2. The monoisotopic (exact) mass is 392 g/mol. The maximum Gasteiger partial charge on any atom is 0.307 e. The number of carbonyl (C=O) groups is 2. The molecule has 1 aromatic rings. The van der Waals surface area contributed by atoms with E-state index in [1.54, 1.807) is 33.8 Å². The van der Waals surface area contributed by atoms with E-state index >= 15 is 0 Å². The SMILES string of the molecule is COc1cc(N2C(=O)C(C)(C)N(CCC(=O)OC(C)C)C2S)cnc1C#N. The Morgan fingerprint density at radius 2 is 2.15 bits per heavy atom. The predicted octanol–water partition coefficient (Wildman–Crippen LogP) is 1.94. The average molecular weight is 392 g/mol. The first-order valence-electron chi connectivity index (χ1n) is 8.55. The molecule has 0 bridgehead atoms. The van der Waals surface area contributed by atoms with E-state index in [4.69, 9.17) is 14.7 Å². The molecule has 0 saturated carbocycles. The van der Waals surface area contributed by atoms with Crippen LogP contribution in [0.2, 0.25) is 0 Å². The molecular weight excluding hydrogens is 368 g/mol. The summed E-state index contributed by atoms with van der Waals surface area (Å²) in [5.41, 5.74) is -0.864. The molecule has 0 N–H and O–H groups in total. The number of hydrogen-bond donors (Lipinski definition) is 1. The summed E-state index contributed by atoms with van der Waals surface area (Å²) in [6.07, 6.45) is 1.40. The second-order valence-electron chi connectivity index (χ2n) is 6.92. The fraction of sp³-hybridized carbons (Fsp3) is 0.556. The molecule has 1 amide bonds. The number of rotatable bonds is 6. The van der Waals surface area contributed by atoms with Crippen LogP contribution in [0.15, 0.2) is 12.3 Å². The summed E-state index contributed by atoms with van der Waals surface area (Å²) in [4.78, 5) is 32.3. The van der Waals surface area contributed by atoms with Crippen LogP contribution < -0.4 is 9.64 Å². The predicted molar refractivity (Wildman–Crippen MR) is 102 cm³/mol. The topological polar surface area (TPSA) is 95.8 Å². The van der Waals surface area contributed by atoms with Crippen molar-refractivity contribution in [3.63, 3.8) is 0 Å². The Morgan fingerprint density at radius 3 is 2.70 bits per heavy atom. The van der Waals surface area contributed by atoms with Gasteiger partial charge in [-0.05, 0) is 27.7 Å².